The van der Waals surface area contributed by atoms with Gasteiger partial charge in [0, 0.05) is 6.04 Å². The molecule has 0 saturated carbocycles. The first-order chi connectivity index (χ1) is 5.92. The molecule has 0 aliphatic rings. The number of nitrogens with two attached hydrogens (primary N) is 2. The molecular weight excluding hydrogens is 280 g/mol. The maximum atomic E-state index is 10.8. The van der Waals surface area contributed by atoms with Crippen molar-refractivity contribution in [2.45, 2.75) is 24.4 Å². The van der Waals surface area contributed by atoms with Gasteiger partial charge < -0.3 is 35.6 Å². The molecule has 0 fully saturated rings. The molecule has 0 spiro atoms. The van der Waals surface area contributed by atoms with Crippen LogP contribution in [0.2, 0.25) is 0 Å². The fraction of sp³-hybridized carbons (Fsp3) is 1.00. The summed E-state index contributed by atoms with van der Waals surface area (Å²) >= 11 is 0. The summed E-state index contributed by atoms with van der Waals surface area (Å²) in [5.74, 6) is 0. The van der Waals surface area contributed by atoms with Crippen molar-refractivity contribution in [3.8, 4) is 0 Å². The first-order valence-electron chi connectivity index (χ1n) is 3.54. The Morgan fingerprint density at radius 1 is 1.31 bits per heavy atom. The van der Waals surface area contributed by atoms with Crippen LogP contribution in [0.4, 0.5) is 0 Å². The first-order valence-corrected chi connectivity index (χ1v) is 6.69. The summed E-state index contributed by atoms with van der Waals surface area (Å²) in [6, 6.07) is -0.913. The van der Waals surface area contributed by atoms with Crippen LogP contribution in [-0.4, -0.2) is 20.8 Å². The molecule has 2 unspecified atom stereocenters. The molecule has 16 heavy (non-hydrogen) atoms. The minimum absolute atomic E-state index is 0. The normalized spacial score (nSPS) is 17.7. The van der Waals surface area contributed by atoms with Gasteiger partial charge in [0.05, 0.1) is 0 Å². The molecule has 0 rings (SSSR count). The third-order valence-corrected chi connectivity index (χ3v) is 5.44. The van der Waals surface area contributed by atoms with Crippen molar-refractivity contribution in [3.63, 3.8) is 0 Å². The van der Waals surface area contributed by atoms with Crippen LogP contribution in [-0.2, 0) is 9.13 Å². The summed E-state index contributed by atoms with van der Waals surface area (Å²) in [5.41, 5.74) is 10.1. The third kappa shape index (κ3) is 5.91. The predicted octanol–water partition coefficient (Wildman–Crippen LogP) is -8.56. The summed E-state index contributed by atoms with van der Waals surface area (Å²) in [6.45, 7) is 1.28. The number of hydrogen-bond acceptors (Lipinski definition) is 6. The monoisotopic (exact) mass is 292 g/mol. The zero-order chi connectivity index (χ0) is 11.8. The third-order valence-electron chi connectivity index (χ3n) is 1.60. The van der Waals surface area contributed by atoms with E-state index in [-0.39, 0.29) is 59.1 Å². The molecule has 0 radical (unpaired) electrons. The maximum Gasteiger partial charge on any atom is 1.00 e. The zero-order valence-electron chi connectivity index (χ0n) is 9.36. The van der Waals surface area contributed by atoms with Gasteiger partial charge >= 0.3 is 66.7 Å². The van der Waals surface area contributed by atoms with Crippen LogP contribution < -0.4 is 80.4 Å². The van der Waals surface area contributed by atoms with Gasteiger partial charge in [0.25, 0.3) is 0 Å². The molecule has 0 aromatic rings. The fourth-order valence-electron chi connectivity index (χ4n) is 0.864. The fourth-order valence-corrected chi connectivity index (χ4v) is 3.18. The topological polar surface area (TPSA) is 173 Å². The molecule has 0 aliphatic heterocycles. The van der Waals surface area contributed by atoms with Gasteiger partial charge in [-0.3, -0.25) is 4.57 Å². The van der Waals surface area contributed by atoms with E-state index in [9.17, 15) is 18.9 Å². The molecule has 0 heterocycles. The van der Waals surface area contributed by atoms with Crippen molar-refractivity contribution in [3.05, 3.63) is 0 Å². The first kappa shape index (κ1) is 23.3. The van der Waals surface area contributed by atoms with Crippen molar-refractivity contribution in [2.24, 2.45) is 11.5 Å². The number of rotatable bonds is 4. The number of hydrogen-bond donors (Lipinski definition) is 4. The summed E-state index contributed by atoms with van der Waals surface area (Å²) in [4.78, 5) is 38.6. The molecule has 2 atom stereocenters. The minimum atomic E-state index is -5.63. The molecule has 0 saturated heterocycles. The van der Waals surface area contributed by atoms with Gasteiger partial charge in [-0.05, 0) is 20.9 Å². The Hall–Kier alpha value is 2.22. The Morgan fingerprint density at radius 2 is 1.62 bits per heavy atom. The molecular formula is C4H12N2Na2O6P2. The van der Waals surface area contributed by atoms with E-state index in [1.54, 1.807) is 0 Å². The van der Waals surface area contributed by atoms with Gasteiger partial charge in [0.15, 0.2) is 0 Å². The van der Waals surface area contributed by atoms with Gasteiger partial charge in [-0.2, -0.15) is 0 Å². The van der Waals surface area contributed by atoms with Gasteiger partial charge in [-0.15, -0.1) is 0 Å². The predicted molar refractivity (Wildman–Crippen MR) is 44.8 cm³/mol. The maximum absolute atomic E-state index is 10.8. The summed E-state index contributed by atoms with van der Waals surface area (Å²) in [5, 5.41) is -3.12. The smallest absolute Gasteiger partial charge is 0.809 e. The quantitative estimate of drug-likeness (QED) is 0.292. The minimum Gasteiger partial charge on any atom is -0.809 e. The second kappa shape index (κ2) is 7.72. The van der Waals surface area contributed by atoms with Crippen LogP contribution in [0.25, 0.3) is 0 Å². The van der Waals surface area contributed by atoms with Crippen molar-refractivity contribution < 1.29 is 87.8 Å². The van der Waals surface area contributed by atoms with Crippen molar-refractivity contribution in [2.75, 3.05) is 0 Å². The molecule has 0 aromatic heterocycles. The van der Waals surface area contributed by atoms with Crippen LogP contribution in [0.1, 0.15) is 13.3 Å². The van der Waals surface area contributed by atoms with Gasteiger partial charge in [0.2, 0.25) is 0 Å². The molecule has 12 heteroatoms. The average molecular weight is 292 g/mol. The Morgan fingerprint density at radius 3 is 1.69 bits per heavy atom. The molecule has 6 N–H and O–H groups in total. The molecule has 0 bridgehead atoms. The molecule has 0 aromatic carbocycles. The van der Waals surface area contributed by atoms with Crippen molar-refractivity contribution in [1.82, 2.24) is 0 Å². The Kier molecular flexibility index (Phi) is 11.3. The molecule has 86 valence electrons. The van der Waals surface area contributed by atoms with Gasteiger partial charge in [-0.25, -0.2) is 0 Å². The van der Waals surface area contributed by atoms with Crippen LogP contribution in [0.3, 0.4) is 0 Å². The second-order valence-corrected chi connectivity index (χ2v) is 7.13. The van der Waals surface area contributed by atoms with Gasteiger partial charge in [0.1, 0.15) is 5.02 Å². The average Bonchev–Trinajstić information content (AvgIpc) is 1.79. The zero-order valence-corrected chi connectivity index (χ0v) is 15.1. The van der Waals surface area contributed by atoms with Gasteiger partial charge in [-0.1, -0.05) is 0 Å². The van der Waals surface area contributed by atoms with E-state index in [0.29, 0.717) is 0 Å². The van der Waals surface area contributed by atoms with Crippen LogP contribution >= 0.6 is 15.2 Å². The SMILES string of the molecule is CC(N)CC(N)(P(=O)([O-])[O-])P(=O)(O)O.[Na+].[Na+]. The van der Waals surface area contributed by atoms with E-state index in [4.69, 9.17) is 21.3 Å². The van der Waals surface area contributed by atoms with Crippen molar-refractivity contribution in [1.29, 1.82) is 0 Å². The van der Waals surface area contributed by atoms with Crippen LogP contribution in [0.5, 0.6) is 0 Å². The van der Waals surface area contributed by atoms with Crippen LogP contribution in [0, 0.1) is 0 Å². The second-order valence-electron chi connectivity index (χ2n) is 3.10. The van der Waals surface area contributed by atoms with E-state index in [1.165, 1.54) is 6.92 Å². The van der Waals surface area contributed by atoms with E-state index < -0.39 is 32.7 Å². The standard InChI is InChI=1S/C4H14N2O6P2.2Na/c1-3(5)2-4(6,13(7,8)9)14(10,11)12;;/h3H,2,5-6H2,1H3,(H2,7,8,9)(H2,10,11,12);;/q;2*+1/p-2. The summed E-state index contributed by atoms with van der Waals surface area (Å²) < 4.78 is 21.4. The summed E-state index contributed by atoms with van der Waals surface area (Å²) in [7, 11) is -10.9. The van der Waals surface area contributed by atoms with E-state index in [1.807, 2.05) is 0 Å². The van der Waals surface area contributed by atoms with E-state index in [0.717, 1.165) is 0 Å². The Bertz CT molecular complexity index is 279. The van der Waals surface area contributed by atoms with Crippen LogP contribution in [0.15, 0.2) is 0 Å². The molecule has 0 aliphatic carbocycles. The summed E-state index contributed by atoms with van der Waals surface area (Å²) in [6.07, 6.45) is -0.790. The van der Waals surface area contributed by atoms with Crippen molar-refractivity contribution >= 4 is 15.2 Å². The Balaban J connectivity index is -0.000000845. The molecule has 0 amide bonds. The van der Waals surface area contributed by atoms with E-state index >= 15 is 0 Å². The Labute approximate surface area is 137 Å². The largest absolute Gasteiger partial charge is 1.00 e. The van der Waals surface area contributed by atoms with E-state index in [2.05, 4.69) is 0 Å². The molecule has 8 nitrogen and oxygen atoms in total.